The van der Waals surface area contributed by atoms with Crippen LogP contribution in [0, 0.1) is 0 Å². The van der Waals surface area contributed by atoms with Crippen molar-refractivity contribution in [3.63, 3.8) is 0 Å². The predicted molar refractivity (Wildman–Crippen MR) is 99.5 cm³/mol. The number of nitrogens with zero attached hydrogens (tertiary/aromatic N) is 2. The number of thiophene rings is 1. The normalized spacial score (nSPS) is 14.0. The molecule has 0 radical (unpaired) electrons. The number of hydrogen-bond donors (Lipinski definition) is 1. The van der Waals surface area contributed by atoms with Crippen molar-refractivity contribution in [1.29, 1.82) is 0 Å². The quantitative estimate of drug-likeness (QED) is 0.718. The maximum atomic E-state index is 5.92. The third-order valence-corrected chi connectivity index (χ3v) is 5.45. The van der Waals surface area contributed by atoms with Crippen LogP contribution in [0.3, 0.4) is 0 Å². The predicted octanol–water partition coefficient (Wildman–Crippen LogP) is 5.10. The van der Waals surface area contributed by atoms with Crippen LogP contribution in [0.1, 0.15) is 37.1 Å². The van der Waals surface area contributed by atoms with E-state index in [9.17, 15) is 0 Å². The molecule has 0 unspecified atom stereocenters. The fourth-order valence-corrected chi connectivity index (χ4v) is 4.47. The van der Waals surface area contributed by atoms with E-state index in [1.807, 2.05) is 49.4 Å². The molecule has 0 saturated heterocycles. The Morgan fingerprint density at radius 2 is 1.96 bits per heavy atom. The van der Waals surface area contributed by atoms with E-state index in [0.717, 1.165) is 28.5 Å². The first kappa shape index (κ1) is 15.4. The van der Waals surface area contributed by atoms with E-state index >= 15 is 0 Å². The highest BCUT2D eigenvalue weighted by Crippen LogP contribution is 2.39. The van der Waals surface area contributed by atoms with Gasteiger partial charge in [0, 0.05) is 4.88 Å². The van der Waals surface area contributed by atoms with Gasteiger partial charge in [0.15, 0.2) is 0 Å². The number of nitrogens with one attached hydrogen (secondary N) is 1. The first-order chi connectivity index (χ1) is 11.7. The van der Waals surface area contributed by atoms with Crippen LogP contribution in [-0.2, 0) is 12.8 Å². The van der Waals surface area contributed by atoms with E-state index in [2.05, 4.69) is 15.3 Å². The summed E-state index contributed by atoms with van der Waals surface area (Å²) in [6, 6.07) is 8.02. The molecule has 4 rings (SSSR count). The van der Waals surface area contributed by atoms with Crippen molar-refractivity contribution in [2.75, 3.05) is 5.32 Å². The van der Waals surface area contributed by atoms with Gasteiger partial charge in [0.05, 0.1) is 17.2 Å². The molecule has 0 atom stereocenters. The summed E-state index contributed by atoms with van der Waals surface area (Å²) in [5.74, 6) is 1.74. The number of ether oxygens (including phenoxy) is 1. The Morgan fingerprint density at radius 3 is 2.83 bits per heavy atom. The first-order valence-electron chi connectivity index (χ1n) is 8.50. The summed E-state index contributed by atoms with van der Waals surface area (Å²) in [7, 11) is 0. The molecule has 124 valence electrons. The van der Waals surface area contributed by atoms with Gasteiger partial charge >= 0.3 is 0 Å². The molecule has 1 N–H and O–H groups in total. The van der Waals surface area contributed by atoms with Crippen LogP contribution in [-0.4, -0.2) is 16.1 Å². The van der Waals surface area contributed by atoms with Crippen LogP contribution in [0.25, 0.3) is 10.2 Å². The van der Waals surface area contributed by atoms with Crippen LogP contribution in [0.5, 0.6) is 5.75 Å². The van der Waals surface area contributed by atoms with Crippen molar-refractivity contribution in [2.24, 2.45) is 0 Å². The van der Waals surface area contributed by atoms with Gasteiger partial charge in [-0.2, -0.15) is 0 Å². The average molecular weight is 339 g/mol. The molecule has 0 spiro atoms. The van der Waals surface area contributed by atoms with E-state index in [1.54, 1.807) is 6.33 Å². The summed E-state index contributed by atoms with van der Waals surface area (Å²) < 4.78 is 5.92. The maximum Gasteiger partial charge on any atom is 0.143 e. The largest absolute Gasteiger partial charge is 0.489 e. The number of benzene rings is 1. The molecule has 1 aliphatic rings. The molecule has 0 aliphatic heterocycles. The van der Waals surface area contributed by atoms with Crippen LogP contribution >= 0.6 is 11.3 Å². The monoisotopic (exact) mass is 339 g/mol. The standard InChI is InChI=1S/C19H21N3OS/c1-12(2)23-15-9-5-4-8-14(15)22-18-17-13-7-3-6-10-16(13)24-19(17)21-11-20-18/h4-5,8-9,11-12H,3,6-7,10H2,1-2H3,(H,20,21,22). The highest BCUT2D eigenvalue weighted by atomic mass is 32.1. The van der Waals surface area contributed by atoms with Gasteiger partial charge in [0.1, 0.15) is 22.7 Å². The third-order valence-electron chi connectivity index (χ3n) is 4.25. The summed E-state index contributed by atoms with van der Waals surface area (Å²) in [6.07, 6.45) is 6.61. The number of aryl methyl sites for hydroxylation is 2. The van der Waals surface area contributed by atoms with Gasteiger partial charge in [-0.3, -0.25) is 0 Å². The molecule has 0 saturated carbocycles. The highest BCUT2D eigenvalue weighted by molar-refractivity contribution is 7.19. The first-order valence-corrected chi connectivity index (χ1v) is 9.32. The molecule has 1 aliphatic carbocycles. The van der Waals surface area contributed by atoms with Gasteiger partial charge in [-0.05, 0) is 57.2 Å². The van der Waals surface area contributed by atoms with Crippen molar-refractivity contribution in [2.45, 2.75) is 45.6 Å². The van der Waals surface area contributed by atoms with E-state index in [-0.39, 0.29) is 6.10 Å². The van der Waals surface area contributed by atoms with Gasteiger partial charge in [-0.1, -0.05) is 12.1 Å². The van der Waals surface area contributed by atoms with Gasteiger partial charge in [0.25, 0.3) is 0 Å². The summed E-state index contributed by atoms with van der Waals surface area (Å²) in [5, 5.41) is 4.68. The van der Waals surface area contributed by atoms with Crippen LogP contribution < -0.4 is 10.1 Å². The molecule has 0 bridgehead atoms. The van der Waals surface area contributed by atoms with Gasteiger partial charge in [-0.15, -0.1) is 11.3 Å². The topological polar surface area (TPSA) is 47.0 Å². The van der Waals surface area contributed by atoms with Crippen molar-refractivity contribution >= 4 is 33.1 Å². The Kier molecular flexibility index (Phi) is 4.10. The second-order valence-electron chi connectivity index (χ2n) is 6.40. The summed E-state index contributed by atoms with van der Waals surface area (Å²) >= 11 is 1.82. The molecule has 0 amide bonds. The van der Waals surface area contributed by atoms with E-state index in [0.29, 0.717) is 0 Å². The molecular weight excluding hydrogens is 318 g/mol. The lowest BCUT2D eigenvalue weighted by Crippen LogP contribution is -2.08. The lowest BCUT2D eigenvalue weighted by molar-refractivity contribution is 0.244. The Labute approximate surface area is 145 Å². The molecule has 2 aromatic heterocycles. The van der Waals surface area contributed by atoms with Crippen molar-refractivity contribution in [3.8, 4) is 5.75 Å². The average Bonchev–Trinajstić information content (AvgIpc) is 2.95. The second-order valence-corrected chi connectivity index (χ2v) is 7.48. The van der Waals surface area contributed by atoms with Crippen LogP contribution in [0.4, 0.5) is 11.5 Å². The molecule has 3 aromatic rings. The van der Waals surface area contributed by atoms with Crippen molar-refractivity contribution < 1.29 is 4.74 Å². The molecule has 5 heteroatoms. The Balaban J connectivity index is 1.77. The van der Waals surface area contributed by atoms with Crippen LogP contribution in [0.2, 0.25) is 0 Å². The van der Waals surface area contributed by atoms with Crippen LogP contribution in [0.15, 0.2) is 30.6 Å². The minimum atomic E-state index is 0.132. The summed E-state index contributed by atoms with van der Waals surface area (Å²) in [4.78, 5) is 11.6. The van der Waals surface area contributed by atoms with Gasteiger partial charge in [-0.25, -0.2) is 9.97 Å². The Hall–Kier alpha value is -2.14. The molecular formula is C19H21N3OS. The SMILES string of the molecule is CC(C)Oc1ccccc1Nc1ncnc2sc3c(c12)CCCC3. The molecule has 1 aromatic carbocycles. The highest BCUT2D eigenvalue weighted by Gasteiger charge is 2.20. The molecule has 24 heavy (non-hydrogen) atoms. The smallest absolute Gasteiger partial charge is 0.143 e. The van der Waals surface area contributed by atoms with Crippen molar-refractivity contribution in [1.82, 2.24) is 9.97 Å². The third kappa shape index (κ3) is 2.84. The zero-order valence-electron chi connectivity index (χ0n) is 14.0. The van der Waals surface area contributed by atoms with Crippen molar-refractivity contribution in [3.05, 3.63) is 41.0 Å². The molecule has 2 heterocycles. The maximum absolute atomic E-state index is 5.92. The zero-order chi connectivity index (χ0) is 16.5. The number of rotatable bonds is 4. The Morgan fingerprint density at radius 1 is 1.12 bits per heavy atom. The summed E-state index contributed by atoms with van der Waals surface area (Å²) in [6.45, 7) is 4.07. The zero-order valence-corrected chi connectivity index (χ0v) is 14.8. The Bertz CT molecular complexity index is 872. The van der Waals surface area contributed by atoms with E-state index < -0.39 is 0 Å². The fourth-order valence-electron chi connectivity index (χ4n) is 3.24. The lowest BCUT2D eigenvalue weighted by Gasteiger charge is -2.16. The molecule has 0 fully saturated rings. The number of anilines is 2. The second kappa shape index (κ2) is 6.40. The minimum absolute atomic E-state index is 0.132. The number of hydrogen-bond acceptors (Lipinski definition) is 5. The van der Waals surface area contributed by atoms with Gasteiger partial charge in [0.2, 0.25) is 0 Å². The molecule has 4 nitrogen and oxygen atoms in total. The number of aromatic nitrogens is 2. The van der Waals surface area contributed by atoms with E-state index in [4.69, 9.17) is 4.74 Å². The fraction of sp³-hybridized carbons (Fsp3) is 0.368. The lowest BCUT2D eigenvalue weighted by atomic mass is 9.97. The van der Waals surface area contributed by atoms with Gasteiger partial charge < -0.3 is 10.1 Å². The number of para-hydroxylation sites is 2. The summed E-state index contributed by atoms with van der Waals surface area (Å²) in [5.41, 5.74) is 2.38. The minimum Gasteiger partial charge on any atom is -0.489 e. The van der Waals surface area contributed by atoms with E-state index in [1.165, 1.54) is 35.1 Å². The number of fused-ring (bicyclic) bond motifs is 3.